The first-order chi connectivity index (χ1) is 10.8. The smallest absolute Gasteiger partial charge is 0.407 e. The monoisotopic (exact) mass is 322 g/mol. The van der Waals surface area contributed by atoms with Gasteiger partial charge in [-0.2, -0.15) is 0 Å². The van der Waals surface area contributed by atoms with Gasteiger partial charge in [-0.3, -0.25) is 0 Å². The highest BCUT2D eigenvalue weighted by Crippen LogP contribution is 2.11. The van der Waals surface area contributed by atoms with Gasteiger partial charge in [0.05, 0.1) is 0 Å². The fourth-order valence-corrected chi connectivity index (χ4v) is 2.06. The van der Waals surface area contributed by atoms with Crippen LogP contribution < -0.4 is 10.6 Å². The zero-order chi connectivity index (χ0) is 17.3. The Morgan fingerprint density at radius 2 is 1.78 bits per heavy atom. The first kappa shape index (κ1) is 19.5. The van der Waals surface area contributed by atoms with Gasteiger partial charge in [-0.25, -0.2) is 4.79 Å². The van der Waals surface area contributed by atoms with Crippen LogP contribution >= 0.6 is 0 Å². The molecule has 0 aliphatic heterocycles. The summed E-state index contributed by atoms with van der Waals surface area (Å²) in [7, 11) is 1.71. The molecule has 0 aliphatic rings. The van der Waals surface area contributed by atoms with Crippen molar-refractivity contribution in [3.63, 3.8) is 0 Å². The van der Waals surface area contributed by atoms with E-state index in [1.54, 1.807) is 7.11 Å². The van der Waals surface area contributed by atoms with Crippen LogP contribution in [-0.4, -0.2) is 31.5 Å². The molecule has 0 fully saturated rings. The van der Waals surface area contributed by atoms with E-state index in [0.717, 1.165) is 25.1 Å². The van der Waals surface area contributed by atoms with Crippen molar-refractivity contribution in [3.8, 4) is 0 Å². The van der Waals surface area contributed by atoms with Crippen LogP contribution in [0.1, 0.15) is 45.2 Å². The number of alkyl carbamates (subject to hydrolysis) is 1. The molecule has 130 valence electrons. The summed E-state index contributed by atoms with van der Waals surface area (Å²) in [5.41, 5.74) is 1.78. The predicted molar refractivity (Wildman–Crippen MR) is 92.3 cm³/mol. The zero-order valence-corrected chi connectivity index (χ0v) is 14.9. The average Bonchev–Trinajstić information content (AvgIpc) is 2.48. The third kappa shape index (κ3) is 8.57. The highest BCUT2D eigenvalue weighted by molar-refractivity contribution is 5.67. The van der Waals surface area contributed by atoms with Crippen LogP contribution in [0.5, 0.6) is 0 Å². The zero-order valence-electron chi connectivity index (χ0n) is 14.9. The highest BCUT2D eigenvalue weighted by Gasteiger charge is 2.16. The molecule has 0 bridgehead atoms. The first-order valence-corrected chi connectivity index (χ1v) is 8.08. The summed E-state index contributed by atoms with van der Waals surface area (Å²) in [5.74, 6) is 0. The molecule has 2 N–H and O–H groups in total. The Morgan fingerprint density at radius 3 is 2.35 bits per heavy atom. The van der Waals surface area contributed by atoms with Gasteiger partial charge < -0.3 is 20.1 Å². The number of rotatable bonds is 8. The van der Waals surface area contributed by atoms with E-state index in [4.69, 9.17) is 9.47 Å². The molecular weight excluding hydrogens is 292 g/mol. The van der Waals surface area contributed by atoms with Gasteiger partial charge in [-0.15, -0.1) is 0 Å². The summed E-state index contributed by atoms with van der Waals surface area (Å²) in [4.78, 5) is 11.8. The minimum Gasteiger partial charge on any atom is -0.444 e. The Bertz CT molecular complexity index is 483. The number of methoxy groups -OCH3 is 1. The summed E-state index contributed by atoms with van der Waals surface area (Å²) < 4.78 is 10.4. The highest BCUT2D eigenvalue weighted by atomic mass is 16.6. The van der Waals surface area contributed by atoms with Crippen LogP contribution in [0.4, 0.5) is 4.79 Å². The number of ether oxygens (including phenoxy) is 2. The molecule has 23 heavy (non-hydrogen) atoms. The quantitative estimate of drug-likeness (QED) is 0.771. The van der Waals surface area contributed by atoms with Gasteiger partial charge in [-0.1, -0.05) is 24.3 Å². The van der Waals surface area contributed by atoms with E-state index in [2.05, 4.69) is 23.6 Å². The van der Waals surface area contributed by atoms with Crippen LogP contribution in [0.25, 0.3) is 0 Å². The van der Waals surface area contributed by atoms with Crippen molar-refractivity contribution in [2.45, 2.75) is 58.8 Å². The van der Waals surface area contributed by atoms with Crippen molar-refractivity contribution in [1.82, 2.24) is 10.6 Å². The minimum absolute atomic E-state index is 0.377. The van der Waals surface area contributed by atoms with Gasteiger partial charge in [0.25, 0.3) is 0 Å². The Hall–Kier alpha value is -1.59. The molecule has 1 unspecified atom stereocenters. The Balaban J connectivity index is 2.52. The van der Waals surface area contributed by atoms with Gasteiger partial charge >= 0.3 is 6.09 Å². The van der Waals surface area contributed by atoms with Crippen molar-refractivity contribution in [1.29, 1.82) is 0 Å². The fraction of sp³-hybridized carbons (Fsp3) is 0.611. The van der Waals surface area contributed by atoms with E-state index in [1.807, 2.05) is 39.0 Å². The molecule has 0 heterocycles. The van der Waals surface area contributed by atoms with Crippen LogP contribution in [0, 0.1) is 0 Å². The van der Waals surface area contributed by atoms with Gasteiger partial charge in [-0.05, 0) is 45.2 Å². The lowest BCUT2D eigenvalue weighted by Gasteiger charge is -2.20. The molecule has 0 aromatic heterocycles. The summed E-state index contributed by atoms with van der Waals surface area (Å²) in [6.07, 6.45) is 0.572. The van der Waals surface area contributed by atoms with Crippen LogP contribution in [0.15, 0.2) is 24.3 Å². The molecular formula is C18H30N2O3. The molecule has 1 rings (SSSR count). The van der Waals surface area contributed by atoms with Crippen molar-refractivity contribution < 1.29 is 14.3 Å². The van der Waals surface area contributed by atoms with Crippen LogP contribution in [0.2, 0.25) is 0 Å². The Labute approximate surface area is 139 Å². The van der Waals surface area contributed by atoms with Crippen molar-refractivity contribution in [2.24, 2.45) is 0 Å². The maximum Gasteiger partial charge on any atom is 0.407 e. The lowest BCUT2D eigenvalue weighted by atomic mass is 10.1. The summed E-state index contributed by atoms with van der Waals surface area (Å²) in [6, 6.07) is 8.45. The molecule has 0 aliphatic carbocycles. The number of hydrogen-bond acceptors (Lipinski definition) is 4. The second kappa shape index (κ2) is 9.53. The van der Waals surface area contributed by atoms with Crippen LogP contribution in [0.3, 0.4) is 0 Å². The van der Waals surface area contributed by atoms with Crippen molar-refractivity contribution in [2.75, 3.05) is 13.7 Å². The number of nitrogens with one attached hydrogen (secondary N) is 2. The first-order valence-electron chi connectivity index (χ1n) is 8.08. The minimum atomic E-state index is -0.484. The lowest BCUT2D eigenvalue weighted by molar-refractivity contribution is 0.0523. The number of carbonyl (C=O) groups is 1. The average molecular weight is 322 g/mol. The molecule has 1 atom stereocenters. The van der Waals surface area contributed by atoms with Crippen LogP contribution in [-0.2, 0) is 22.6 Å². The molecule has 1 aromatic carbocycles. The van der Waals surface area contributed by atoms with Gasteiger partial charge in [0.1, 0.15) is 5.60 Å². The van der Waals surface area contributed by atoms with Gasteiger partial charge in [0.2, 0.25) is 0 Å². The normalized spacial score (nSPS) is 12.7. The number of benzene rings is 1. The largest absolute Gasteiger partial charge is 0.444 e. The summed E-state index contributed by atoms with van der Waals surface area (Å²) in [5, 5.41) is 6.28. The van der Waals surface area contributed by atoms with E-state index < -0.39 is 11.7 Å². The number of carbonyl (C=O) groups excluding carboxylic acids is 1. The van der Waals surface area contributed by atoms with Gasteiger partial charge in [0, 0.05) is 32.8 Å². The molecule has 0 saturated heterocycles. The maximum atomic E-state index is 11.8. The van der Waals surface area contributed by atoms with Crippen molar-refractivity contribution in [3.05, 3.63) is 35.4 Å². The Kier molecular flexibility index (Phi) is 8.06. The number of amides is 1. The Morgan fingerprint density at radius 1 is 1.17 bits per heavy atom. The SMILES string of the molecule is COCCC(C)NCc1ccccc1CNC(=O)OC(C)(C)C. The van der Waals surface area contributed by atoms with E-state index >= 15 is 0 Å². The molecule has 0 radical (unpaired) electrons. The standard InChI is InChI=1S/C18H30N2O3/c1-14(10-11-22-5)19-12-15-8-6-7-9-16(15)13-20-17(21)23-18(2,3)4/h6-9,14,19H,10-13H2,1-5H3,(H,20,21). The van der Waals surface area contributed by atoms with Gasteiger partial charge in [0.15, 0.2) is 0 Å². The predicted octanol–water partition coefficient (Wildman–Crippen LogP) is 3.23. The molecule has 0 spiro atoms. The molecule has 5 heteroatoms. The van der Waals surface area contributed by atoms with E-state index in [1.165, 1.54) is 5.56 Å². The fourth-order valence-electron chi connectivity index (χ4n) is 2.06. The second-order valence-corrected chi connectivity index (χ2v) is 6.69. The van der Waals surface area contributed by atoms with E-state index in [0.29, 0.717) is 12.6 Å². The third-order valence-corrected chi connectivity index (χ3v) is 3.34. The third-order valence-electron chi connectivity index (χ3n) is 3.34. The summed E-state index contributed by atoms with van der Waals surface area (Å²) in [6.45, 7) is 9.66. The lowest BCUT2D eigenvalue weighted by Crippen LogP contribution is -2.32. The van der Waals surface area contributed by atoms with Crippen molar-refractivity contribution >= 4 is 6.09 Å². The molecule has 1 amide bonds. The van der Waals surface area contributed by atoms with E-state index in [9.17, 15) is 4.79 Å². The topological polar surface area (TPSA) is 59.6 Å². The summed E-state index contributed by atoms with van der Waals surface area (Å²) >= 11 is 0. The number of hydrogen-bond donors (Lipinski definition) is 2. The molecule has 1 aromatic rings. The maximum absolute atomic E-state index is 11.8. The molecule has 5 nitrogen and oxygen atoms in total. The molecule has 0 saturated carbocycles. The van der Waals surface area contributed by atoms with E-state index in [-0.39, 0.29) is 0 Å². The second-order valence-electron chi connectivity index (χ2n) is 6.69.